The Hall–Kier alpha value is -3.62. The van der Waals surface area contributed by atoms with Crippen molar-refractivity contribution in [3.63, 3.8) is 0 Å². The van der Waals surface area contributed by atoms with Gasteiger partial charge in [0.1, 0.15) is 11.2 Å². The number of benzene rings is 2. The number of rotatable bonds is 4. The largest absolute Gasteiger partial charge is 0.386 e. The van der Waals surface area contributed by atoms with Gasteiger partial charge in [-0.05, 0) is 49.1 Å². The van der Waals surface area contributed by atoms with Crippen LogP contribution in [0.3, 0.4) is 0 Å². The zero-order chi connectivity index (χ0) is 26.1. The lowest BCUT2D eigenvalue weighted by Gasteiger charge is -2.34. The van der Waals surface area contributed by atoms with E-state index in [0.29, 0.717) is 42.3 Å². The van der Waals surface area contributed by atoms with Crippen LogP contribution in [0.1, 0.15) is 46.6 Å². The van der Waals surface area contributed by atoms with Gasteiger partial charge in [-0.2, -0.15) is 5.10 Å². The van der Waals surface area contributed by atoms with Crippen LogP contribution in [0.15, 0.2) is 48.7 Å². The van der Waals surface area contributed by atoms with Gasteiger partial charge in [0.15, 0.2) is 5.69 Å². The number of hydrogen-bond acceptors (Lipinski definition) is 4. The Morgan fingerprint density at radius 2 is 1.95 bits per heavy atom. The number of anilines is 1. The summed E-state index contributed by atoms with van der Waals surface area (Å²) in [5.41, 5.74) is 4.25. The molecular weight excluding hydrogens is 490 g/mol. The number of hydrogen-bond donors (Lipinski definition) is 2. The van der Waals surface area contributed by atoms with E-state index in [1.807, 2.05) is 48.7 Å². The smallest absolute Gasteiger partial charge is 0.275 e. The molecule has 0 aliphatic carbocycles. The summed E-state index contributed by atoms with van der Waals surface area (Å²) >= 11 is 6.65. The first kappa shape index (κ1) is 23.8. The van der Waals surface area contributed by atoms with Crippen molar-refractivity contribution in [1.82, 2.24) is 19.7 Å². The number of carbonyl (C=O) groups excluding carboxylic acids is 2. The van der Waals surface area contributed by atoms with E-state index in [9.17, 15) is 14.7 Å². The minimum Gasteiger partial charge on any atom is -0.386 e. The second-order valence-electron chi connectivity index (χ2n) is 10.4. The third-order valence-corrected chi connectivity index (χ3v) is 7.96. The molecule has 8 nitrogen and oxygen atoms in total. The Morgan fingerprint density at radius 3 is 2.68 bits per heavy atom. The van der Waals surface area contributed by atoms with Gasteiger partial charge in [0, 0.05) is 42.7 Å². The highest BCUT2D eigenvalue weighted by atomic mass is 35.5. The van der Waals surface area contributed by atoms with Gasteiger partial charge in [-0.25, -0.2) is 4.68 Å². The standard InChI is InChI=1S/C28H28ClN5O3/c1-28(2,37)18-12-20-23-17(14-30-20)11-22(26(35)32(3)21(23)13-18)33-10-9-19-24(27(33)36)31-34(25(19)29)15-16-7-5-4-6-8-16/h4-8,12-14,22,30,37H,9-11,15H2,1-3H3/t22-/m0/s1. The number of aliphatic hydroxyl groups is 1. The summed E-state index contributed by atoms with van der Waals surface area (Å²) < 4.78 is 1.66. The van der Waals surface area contributed by atoms with Crippen molar-refractivity contribution in [2.24, 2.45) is 0 Å². The lowest BCUT2D eigenvalue weighted by atomic mass is 9.95. The van der Waals surface area contributed by atoms with Crippen LogP contribution in [0.5, 0.6) is 0 Å². The molecular formula is C28H28ClN5O3. The van der Waals surface area contributed by atoms with E-state index in [4.69, 9.17) is 11.6 Å². The topological polar surface area (TPSA) is 94.5 Å². The van der Waals surface area contributed by atoms with Gasteiger partial charge in [-0.1, -0.05) is 41.9 Å². The number of likely N-dealkylation sites (N-methyl/N-ethyl adjacent to an activating group) is 1. The number of aromatic nitrogens is 3. The second kappa shape index (κ2) is 8.46. The molecule has 2 aromatic heterocycles. The van der Waals surface area contributed by atoms with E-state index in [0.717, 1.165) is 33.3 Å². The van der Waals surface area contributed by atoms with E-state index < -0.39 is 11.6 Å². The molecule has 37 heavy (non-hydrogen) atoms. The number of fused-ring (bicyclic) bond motifs is 1. The highest BCUT2D eigenvalue weighted by Gasteiger charge is 2.41. The molecule has 2 amide bonds. The molecule has 0 radical (unpaired) electrons. The fourth-order valence-corrected chi connectivity index (χ4v) is 5.76. The molecule has 9 heteroatoms. The first-order chi connectivity index (χ1) is 17.6. The zero-order valence-corrected chi connectivity index (χ0v) is 21.7. The third-order valence-electron chi connectivity index (χ3n) is 7.54. The summed E-state index contributed by atoms with van der Waals surface area (Å²) in [4.78, 5) is 34.0. The first-order valence-electron chi connectivity index (χ1n) is 12.4. The zero-order valence-electron chi connectivity index (χ0n) is 21.0. The van der Waals surface area contributed by atoms with Crippen LogP contribution < -0.4 is 4.90 Å². The quantitative estimate of drug-likeness (QED) is 0.429. The molecule has 4 aromatic rings. The van der Waals surface area contributed by atoms with E-state index in [-0.39, 0.29) is 11.8 Å². The molecule has 2 aliphatic rings. The summed E-state index contributed by atoms with van der Waals surface area (Å²) in [6.07, 6.45) is 2.81. The minimum atomic E-state index is -1.07. The maximum atomic E-state index is 13.8. The summed E-state index contributed by atoms with van der Waals surface area (Å²) in [5, 5.41) is 16.6. The van der Waals surface area contributed by atoms with Crippen molar-refractivity contribution in [3.8, 4) is 0 Å². The molecule has 0 saturated heterocycles. The number of halogens is 1. The van der Waals surface area contributed by atoms with Gasteiger partial charge in [0.2, 0.25) is 5.91 Å². The lowest BCUT2D eigenvalue weighted by Crippen LogP contribution is -2.53. The van der Waals surface area contributed by atoms with Gasteiger partial charge >= 0.3 is 0 Å². The molecule has 0 saturated carbocycles. The van der Waals surface area contributed by atoms with Crippen molar-refractivity contribution >= 4 is 40.0 Å². The second-order valence-corrected chi connectivity index (χ2v) is 10.8. The Bertz CT molecular complexity index is 1550. The van der Waals surface area contributed by atoms with Gasteiger partial charge in [-0.3, -0.25) is 9.59 Å². The van der Waals surface area contributed by atoms with Crippen LogP contribution in [-0.2, 0) is 29.8 Å². The van der Waals surface area contributed by atoms with E-state index in [1.54, 1.807) is 35.4 Å². The van der Waals surface area contributed by atoms with Crippen LogP contribution in [-0.4, -0.2) is 56.2 Å². The number of aromatic amines is 1. The summed E-state index contributed by atoms with van der Waals surface area (Å²) in [6, 6.07) is 12.9. The van der Waals surface area contributed by atoms with Crippen LogP contribution in [0, 0.1) is 0 Å². The SMILES string of the molecule is CN1C(=O)[C@@H](N2CCc3c(nn(Cc4ccccc4)c3Cl)C2=O)Cc2c[nH]c3cc(C(C)(C)O)cc1c23. The van der Waals surface area contributed by atoms with Crippen LogP contribution in [0.4, 0.5) is 5.69 Å². The normalized spacial score (nSPS) is 17.9. The molecule has 190 valence electrons. The van der Waals surface area contributed by atoms with Gasteiger partial charge in [0.25, 0.3) is 5.91 Å². The monoisotopic (exact) mass is 517 g/mol. The van der Waals surface area contributed by atoms with Crippen molar-refractivity contribution in [2.45, 2.75) is 44.9 Å². The van der Waals surface area contributed by atoms with Crippen molar-refractivity contribution in [3.05, 3.63) is 81.8 Å². The Labute approximate surface area is 219 Å². The molecule has 0 bridgehead atoms. The first-order valence-corrected chi connectivity index (χ1v) is 12.8. The molecule has 0 spiro atoms. The molecule has 2 N–H and O–H groups in total. The number of nitrogens with one attached hydrogen (secondary N) is 1. The highest BCUT2D eigenvalue weighted by Crippen LogP contribution is 2.38. The number of nitrogens with zero attached hydrogens (tertiary/aromatic N) is 4. The van der Waals surface area contributed by atoms with Crippen molar-refractivity contribution < 1.29 is 14.7 Å². The molecule has 2 aliphatic heterocycles. The fourth-order valence-electron chi connectivity index (χ4n) is 5.48. The van der Waals surface area contributed by atoms with E-state index in [2.05, 4.69) is 10.1 Å². The van der Waals surface area contributed by atoms with Gasteiger partial charge in [-0.15, -0.1) is 0 Å². The Balaban J connectivity index is 1.35. The number of carbonyl (C=O) groups is 2. The van der Waals surface area contributed by atoms with Crippen molar-refractivity contribution in [2.75, 3.05) is 18.5 Å². The maximum Gasteiger partial charge on any atom is 0.275 e. The minimum absolute atomic E-state index is 0.169. The molecule has 0 unspecified atom stereocenters. The maximum absolute atomic E-state index is 13.8. The number of amides is 2. The highest BCUT2D eigenvalue weighted by molar-refractivity contribution is 6.31. The lowest BCUT2D eigenvalue weighted by molar-refractivity contribution is -0.122. The average Bonchev–Trinajstić information content (AvgIpc) is 3.40. The Kier molecular flexibility index (Phi) is 5.43. The van der Waals surface area contributed by atoms with Gasteiger partial charge < -0.3 is 19.9 Å². The predicted molar refractivity (Wildman–Crippen MR) is 142 cm³/mol. The third kappa shape index (κ3) is 3.83. The summed E-state index contributed by atoms with van der Waals surface area (Å²) in [7, 11) is 1.73. The molecule has 6 rings (SSSR count). The van der Waals surface area contributed by atoms with Crippen molar-refractivity contribution in [1.29, 1.82) is 0 Å². The molecule has 4 heterocycles. The summed E-state index contributed by atoms with van der Waals surface area (Å²) in [6.45, 7) is 4.28. The molecule has 1 atom stereocenters. The summed E-state index contributed by atoms with van der Waals surface area (Å²) in [5.74, 6) is -0.450. The number of H-pyrrole nitrogens is 1. The van der Waals surface area contributed by atoms with E-state index in [1.165, 1.54) is 0 Å². The van der Waals surface area contributed by atoms with Crippen LogP contribution in [0.2, 0.25) is 5.15 Å². The molecule has 0 fully saturated rings. The van der Waals surface area contributed by atoms with Gasteiger partial charge in [0.05, 0.1) is 17.8 Å². The van der Waals surface area contributed by atoms with Crippen LogP contribution >= 0.6 is 11.6 Å². The molecule has 2 aromatic carbocycles. The van der Waals surface area contributed by atoms with E-state index >= 15 is 0 Å². The predicted octanol–water partition coefficient (Wildman–Crippen LogP) is 3.88. The Morgan fingerprint density at radius 1 is 1.19 bits per heavy atom. The average molecular weight is 518 g/mol. The van der Waals surface area contributed by atoms with Crippen LogP contribution in [0.25, 0.3) is 10.9 Å². The fraction of sp³-hybridized carbons (Fsp3) is 0.321.